The van der Waals surface area contributed by atoms with Crippen LogP contribution in [0.4, 0.5) is 5.13 Å². The number of anilines is 1. The Kier molecular flexibility index (Phi) is 5.28. The summed E-state index contributed by atoms with van der Waals surface area (Å²) in [6, 6.07) is 7.64. The Morgan fingerprint density at radius 3 is 2.70 bits per heavy atom. The van der Waals surface area contributed by atoms with Crippen LogP contribution in [0.2, 0.25) is 0 Å². The second-order valence-electron chi connectivity index (χ2n) is 6.04. The molecule has 0 bridgehead atoms. The van der Waals surface area contributed by atoms with Crippen molar-refractivity contribution in [2.45, 2.75) is 32.6 Å². The lowest BCUT2D eigenvalue weighted by Gasteiger charge is -2.25. The third kappa shape index (κ3) is 4.32. The normalized spacial score (nSPS) is 14.7. The molecular formula is C18H23N3OS. The molecular weight excluding hydrogens is 306 g/mol. The molecule has 3 rings (SSSR count). The van der Waals surface area contributed by atoms with Crippen molar-refractivity contribution in [1.82, 2.24) is 10.3 Å². The summed E-state index contributed by atoms with van der Waals surface area (Å²) >= 11 is 1.71. The predicted octanol–water partition coefficient (Wildman–Crippen LogP) is 3.41. The number of carbonyl (C=O) groups excluding carboxylic acids is 1. The van der Waals surface area contributed by atoms with Gasteiger partial charge in [-0.05, 0) is 38.3 Å². The van der Waals surface area contributed by atoms with Crippen molar-refractivity contribution in [3.63, 3.8) is 0 Å². The first-order valence-corrected chi connectivity index (χ1v) is 9.14. The minimum Gasteiger partial charge on any atom is -0.352 e. The van der Waals surface area contributed by atoms with Gasteiger partial charge < -0.3 is 10.2 Å². The number of benzene rings is 1. The maximum atomic E-state index is 12.1. The van der Waals surface area contributed by atoms with Crippen LogP contribution in [0.25, 0.3) is 0 Å². The molecule has 1 saturated heterocycles. The number of aromatic nitrogens is 1. The van der Waals surface area contributed by atoms with Gasteiger partial charge in [-0.1, -0.05) is 17.7 Å². The maximum absolute atomic E-state index is 12.1. The molecule has 0 aliphatic carbocycles. The highest BCUT2D eigenvalue weighted by molar-refractivity contribution is 7.13. The molecule has 5 heteroatoms. The van der Waals surface area contributed by atoms with Gasteiger partial charge in [-0.15, -0.1) is 11.3 Å². The molecule has 0 radical (unpaired) electrons. The molecule has 1 amide bonds. The first-order chi connectivity index (χ1) is 11.2. The largest absolute Gasteiger partial charge is 0.352 e. The van der Waals surface area contributed by atoms with Crippen LogP contribution in [0.1, 0.15) is 40.9 Å². The first-order valence-electron chi connectivity index (χ1n) is 8.26. The molecule has 1 N–H and O–H groups in total. The van der Waals surface area contributed by atoms with E-state index in [4.69, 9.17) is 4.98 Å². The molecule has 1 aromatic carbocycles. The Morgan fingerprint density at radius 1 is 1.22 bits per heavy atom. The number of nitrogens with zero attached hydrogens (tertiary/aromatic N) is 2. The molecule has 0 unspecified atom stereocenters. The van der Waals surface area contributed by atoms with Gasteiger partial charge in [-0.3, -0.25) is 4.79 Å². The van der Waals surface area contributed by atoms with Gasteiger partial charge in [0.05, 0.1) is 5.69 Å². The Bertz CT molecular complexity index is 645. The number of rotatable bonds is 5. The van der Waals surface area contributed by atoms with Crippen molar-refractivity contribution in [2.75, 3.05) is 24.5 Å². The highest BCUT2D eigenvalue weighted by atomic mass is 32.1. The van der Waals surface area contributed by atoms with E-state index in [-0.39, 0.29) is 5.91 Å². The fourth-order valence-electron chi connectivity index (χ4n) is 2.75. The highest BCUT2D eigenvalue weighted by Gasteiger charge is 2.14. The number of hydrogen-bond donors (Lipinski definition) is 1. The van der Waals surface area contributed by atoms with Crippen molar-refractivity contribution in [2.24, 2.45) is 0 Å². The Labute approximate surface area is 141 Å². The van der Waals surface area contributed by atoms with Crippen LogP contribution in [0.5, 0.6) is 0 Å². The Balaban J connectivity index is 1.48. The average Bonchev–Trinajstić information content (AvgIpc) is 3.05. The van der Waals surface area contributed by atoms with Crippen molar-refractivity contribution in [3.05, 3.63) is 46.5 Å². The fraction of sp³-hybridized carbons (Fsp3) is 0.444. The summed E-state index contributed by atoms with van der Waals surface area (Å²) in [5, 5.41) is 6.21. The standard InChI is InChI=1S/C18H23N3OS/c1-14-5-7-15(8-6-14)17(22)19-10-9-16-13-23-18(20-16)21-11-3-2-4-12-21/h5-8,13H,2-4,9-12H2,1H3,(H,19,22). The number of thiazole rings is 1. The summed E-state index contributed by atoms with van der Waals surface area (Å²) in [7, 11) is 0. The number of nitrogens with one attached hydrogen (secondary N) is 1. The molecule has 1 aromatic heterocycles. The summed E-state index contributed by atoms with van der Waals surface area (Å²) in [4.78, 5) is 19.1. The summed E-state index contributed by atoms with van der Waals surface area (Å²) in [6.07, 6.45) is 4.64. The first kappa shape index (κ1) is 16.0. The lowest BCUT2D eigenvalue weighted by molar-refractivity contribution is 0.0954. The van der Waals surface area contributed by atoms with Crippen LogP contribution in [0.3, 0.4) is 0 Å². The van der Waals surface area contributed by atoms with E-state index in [1.165, 1.54) is 19.3 Å². The highest BCUT2D eigenvalue weighted by Crippen LogP contribution is 2.24. The van der Waals surface area contributed by atoms with Gasteiger partial charge in [0, 0.05) is 37.0 Å². The zero-order valence-corrected chi connectivity index (χ0v) is 14.4. The summed E-state index contributed by atoms with van der Waals surface area (Å²) in [5.74, 6) is -0.0171. The molecule has 4 nitrogen and oxygen atoms in total. The topological polar surface area (TPSA) is 45.2 Å². The minimum atomic E-state index is -0.0171. The van der Waals surface area contributed by atoms with Crippen molar-refractivity contribution < 1.29 is 4.79 Å². The van der Waals surface area contributed by atoms with Crippen LogP contribution >= 0.6 is 11.3 Å². The van der Waals surface area contributed by atoms with Crippen LogP contribution in [-0.2, 0) is 6.42 Å². The van der Waals surface area contributed by atoms with Gasteiger partial charge in [-0.25, -0.2) is 4.98 Å². The van der Waals surface area contributed by atoms with E-state index >= 15 is 0 Å². The van der Waals surface area contributed by atoms with Gasteiger partial charge in [0.2, 0.25) is 0 Å². The van der Waals surface area contributed by atoms with E-state index in [2.05, 4.69) is 15.6 Å². The monoisotopic (exact) mass is 329 g/mol. The summed E-state index contributed by atoms with van der Waals surface area (Å²) in [5.41, 5.74) is 2.94. The molecule has 122 valence electrons. The predicted molar refractivity (Wildman–Crippen MR) is 95.4 cm³/mol. The van der Waals surface area contributed by atoms with Gasteiger partial charge >= 0.3 is 0 Å². The van der Waals surface area contributed by atoms with Gasteiger partial charge in [-0.2, -0.15) is 0 Å². The van der Waals surface area contributed by atoms with E-state index in [9.17, 15) is 4.79 Å². The lowest BCUT2D eigenvalue weighted by atomic mass is 10.1. The van der Waals surface area contributed by atoms with Crippen LogP contribution in [0, 0.1) is 6.92 Å². The minimum absolute atomic E-state index is 0.0171. The van der Waals surface area contributed by atoms with Crippen molar-refractivity contribution >= 4 is 22.4 Å². The summed E-state index contributed by atoms with van der Waals surface area (Å²) < 4.78 is 0. The Hall–Kier alpha value is -1.88. The van der Waals surface area contributed by atoms with E-state index < -0.39 is 0 Å². The smallest absolute Gasteiger partial charge is 0.251 e. The van der Waals surface area contributed by atoms with Crippen molar-refractivity contribution in [1.29, 1.82) is 0 Å². The van der Waals surface area contributed by atoms with Gasteiger partial charge in [0.1, 0.15) is 0 Å². The van der Waals surface area contributed by atoms with E-state index in [0.29, 0.717) is 12.1 Å². The van der Waals surface area contributed by atoms with E-state index in [1.54, 1.807) is 11.3 Å². The molecule has 0 saturated carbocycles. The summed E-state index contributed by atoms with van der Waals surface area (Å²) in [6.45, 7) is 4.88. The Morgan fingerprint density at radius 2 is 1.96 bits per heavy atom. The fourth-order valence-corrected chi connectivity index (χ4v) is 3.67. The second-order valence-corrected chi connectivity index (χ2v) is 6.88. The molecule has 0 atom stereocenters. The number of piperidine rings is 1. The quantitative estimate of drug-likeness (QED) is 0.914. The molecule has 0 spiro atoms. The molecule has 1 fully saturated rings. The molecule has 1 aliphatic rings. The van der Waals surface area contributed by atoms with Crippen LogP contribution in [0.15, 0.2) is 29.6 Å². The molecule has 1 aliphatic heterocycles. The number of hydrogen-bond acceptors (Lipinski definition) is 4. The molecule has 2 heterocycles. The average molecular weight is 329 g/mol. The van der Waals surface area contributed by atoms with E-state index in [0.717, 1.165) is 35.9 Å². The van der Waals surface area contributed by atoms with E-state index in [1.807, 2.05) is 31.2 Å². The van der Waals surface area contributed by atoms with Crippen LogP contribution < -0.4 is 10.2 Å². The number of carbonyl (C=O) groups is 1. The third-order valence-electron chi connectivity index (χ3n) is 4.15. The van der Waals surface area contributed by atoms with Gasteiger partial charge in [0.15, 0.2) is 5.13 Å². The second kappa shape index (κ2) is 7.59. The van der Waals surface area contributed by atoms with Crippen molar-refractivity contribution in [3.8, 4) is 0 Å². The number of aryl methyl sites for hydroxylation is 1. The zero-order chi connectivity index (χ0) is 16.1. The number of amides is 1. The zero-order valence-electron chi connectivity index (χ0n) is 13.5. The third-order valence-corrected chi connectivity index (χ3v) is 5.10. The molecule has 23 heavy (non-hydrogen) atoms. The van der Waals surface area contributed by atoms with Gasteiger partial charge in [0.25, 0.3) is 5.91 Å². The van der Waals surface area contributed by atoms with Crippen LogP contribution in [-0.4, -0.2) is 30.5 Å². The SMILES string of the molecule is Cc1ccc(C(=O)NCCc2csc(N3CCCCC3)n2)cc1. The maximum Gasteiger partial charge on any atom is 0.251 e. The lowest BCUT2D eigenvalue weighted by Crippen LogP contribution is -2.29. The molecule has 2 aromatic rings.